The van der Waals surface area contributed by atoms with Gasteiger partial charge in [-0.05, 0) is 37.5 Å². The molecule has 10 nitrogen and oxygen atoms in total. The molecule has 0 aliphatic carbocycles. The molecule has 3 rings (SSSR count). The number of hydrogen-bond acceptors (Lipinski definition) is 6. The Kier molecular flexibility index (Phi) is 6.49. The largest absolute Gasteiger partial charge is 0.497 e. The van der Waals surface area contributed by atoms with Crippen LogP contribution in [0.2, 0.25) is 0 Å². The summed E-state index contributed by atoms with van der Waals surface area (Å²) in [5, 5.41) is 3.39. The normalized spacial score (nSPS) is 22.3. The third kappa shape index (κ3) is 4.63. The number of amides is 5. The van der Waals surface area contributed by atoms with Crippen molar-refractivity contribution in [3.8, 4) is 5.75 Å². The van der Waals surface area contributed by atoms with Crippen LogP contribution in [-0.4, -0.2) is 78.4 Å². The van der Waals surface area contributed by atoms with Gasteiger partial charge in [-0.15, -0.1) is 0 Å². The predicted molar refractivity (Wildman–Crippen MR) is 112 cm³/mol. The van der Waals surface area contributed by atoms with Crippen LogP contribution in [0.25, 0.3) is 0 Å². The number of piperidine rings is 1. The zero-order valence-corrected chi connectivity index (χ0v) is 18.3. The molecule has 2 aliphatic rings. The maximum Gasteiger partial charge on any atom is 0.344 e. The summed E-state index contributed by atoms with van der Waals surface area (Å²) in [5.41, 5.74) is 1.67. The van der Waals surface area contributed by atoms with Gasteiger partial charge in [-0.25, -0.2) is 4.79 Å². The fourth-order valence-corrected chi connectivity index (χ4v) is 3.96. The smallest absolute Gasteiger partial charge is 0.344 e. The lowest BCUT2D eigenvalue weighted by Crippen LogP contribution is -2.52. The highest BCUT2D eigenvalue weighted by atomic mass is 16.5. The number of methoxy groups -OCH3 is 1. The van der Waals surface area contributed by atoms with Crippen LogP contribution in [0.3, 0.4) is 0 Å². The fourth-order valence-electron chi connectivity index (χ4n) is 3.96. The average molecular weight is 431 g/mol. The molecule has 0 spiro atoms. The summed E-state index contributed by atoms with van der Waals surface area (Å²) in [6.45, 7) is 4.49. The van der Waals surface area contributed by atoms with Gasteiger partial charge in [0.25, 0.3) is 11.8 Å². The summed E-state index contributed by atoms with van der Waals surface area (Å²) >= 11 is 0. The number of imide groups is 1. The van der Waals surface area contributed by atoms with Crippen molar-refractivity contribution in [1.82, 2.24) is 25.6 Å². The van der Waals surface area contributed by atoms with Crippen molar-refractivity contribution in [2.75, 3.05) is 33.8 Å². The maximum atomic E-state index is 13.0. The second-order valence-corrected chi connectivity index (χ2v) is 8.10. The van der Waals surface area contributed by atoms with Crippen molar-refractivity contribution in [1.29, 1.82) is 0 Å². The standard InChI is InChI=1S/C21H29N5O5/c1-14(27)24(3)16-8-10-25(11-9-16)13-18(28)23-26-19(29)21(2,22-20(26)30)15-6-5-7-17(12-15)31-4/h5-7,12,16H,8-11,13H2,1-4H3,(H,22,30)(H,23,28). The van der Waals surface area contributed by atoms with E-state index in [1.807, 2.05) is 4.90 Å². The van der Waals surface area contributed by atoms with E-state index in [9.17, 15) is 19.2 Å². The molecule has 1 aromatic carbocycles. The number of carbonyl (C=O) groups is 4. The van der Waals surface area contributed by atoms with Crippen molar-refractivity contribution in [3.63, 3.8) is 0 Å². The molecule has 168 valence electrons. The lowest BCUT2D eigenvalue weighted by molar-refractivity contribution is -0.139. The summed E-state index contributed by atoms with van der Waals surface area (Å²) < 4.78 is 5.20. The quantitative estimate of drug-likeness (QED) is 0.632. The van der Waals surface area contributed by atoms with Crippen LogP contribution in [0, 0.1) is 0 Å². The number of hydrazine groups is 1. The molecular weight excluding hydrogens is 402 g/mol. The minimum Gasteiger partial charge on any atom is -0.497 e. The summed E-state index contributed by atoms with van der Waals surface area (Å²) in [4.78, 5) is 53.1. The molecule has 31 heavy (non-hydrogen) atoms. The number of ether oxygens (including phenoxy) is 1. The molecule has 0 radical (unpaired) electrons. The van der Waals surface area contributed by atoms with E-state index in [1.54, 1.807) is 43.1 Å². The van der Waals surface area contributed by atoms with Gasteiger partial charge in [0, 0.05) is 33.1 Å². The van der Waals surface area contributed by atoms with Crippen molar-refractivity contribution in [2.24, 2.45) is 0 Å². The van der Waals surface area contributed by atoms with Gasteiger partial charge in [-0.3, -0.25) is 24.7 Å². The molecule has 2 heterocycles. The number of carbonyl (C=O) groups excluding carboxylic acids is 4. The summed E-state index contributed by atoms with van der Waals surface area (Å²) in [6, 6.07) is 6.33. The number of likely N-dealkylation sites (tertiary alicyclic amines) is 1. The Labute approximate surface area is 181 Å². The van der Waals surface area contributed by atoms with Gasteiger partial charge in [-0.2, -0.15) is 5.01 Å². The minimum absolute atomic E-state index is 0.0221. The van der Waals surface area contributed by atoms with Crippen LogP contribution in [0.1, 0.15) is 32.3 Å². The van der Waals surface area contributed by atoms with E-state index in [2.05, 4.69) is 10.7 Å². The van der Waals surface area contributed by atoms with Crippen molar-refractivity contribution in [2.45, 2.75) is 38.3 Å². The SMILES string of the molecule is COc1cccc(C2(C)NC(=O)N(NC(=O)CN3CCC(N(C)C(C)=O)CC3)C2=O)c1. The molecule has 1 atom stereocenters. The highest BCUT2D eigenvalue weighted by Crippen LogP contribution is 2.30. The summed E-state index contributed by atoms with van der Waals surface area (Å²) in [7, 11) is 3.30. The zero-order valence-electron chi connectivity index (χ0n) is 18.3. The molecular formula is C21H29N5O5. The minimum atomic E-state index is -1.31. The number of rotatable bonds is 6. The van der Waals surface area contributed by atoms with Gasteiger partial charge in [0.1, 0.15) is 11.3 Å². The Morgan fingerprint density at radius 2 is 1.97 bits per heavy atom. The van der Waals surface area contributed by atoms with Crippen LogP contribution in [0.5, 0.6) is 5.75 Å². The van der Waals surface area contributed by atoms with Gasteiger partial charge in [0.2, 0.25) is 5.91 Å². The Morgan fingerprint density at radius 3 is 2.58 bits per heavy atom. The number of nitrogens with zero attached hydrogens (tertiary/aromatic N) is 3. The molecule has 2 N–H and O–H groups in total. The first-order valence-electron chi connectivity index (χ1n) is 10.2. The molecule has 2 aliphatic heterocycles. The highest BCUT2D eigenvalue weighted by molar-refractivity contribution is 6.08. The van der Waals surface area contributed by atoms with E-state index >= 15 is 0 Å². The number of benzene rings is 1. The zero-order chi connectivity index (χ0) is 22.8. The van der Waals surface area contributed by atoms with Gasteiger partial charge in [0.05, 0.1) is 13.7 Å². The fraction of sp³-hybridized carbons (Fsp3) is 0.524. The van der Waals surface area contributed by atoms with E-state index in [0.717, 1.165) is 17.9 Å². The molecule has 0 bridgehead atoms. The molecule has 2 saturated heterocycles. The molecule has 0 aromatic heterocycles. The van der Waals surface area contributed by atoms with Crippen molar-refractivity contribution >= 4 is 23.8 Å². The molecule has 2 fully saturated rings. The van der Waals surface area contributed by atoms with Gasteiger partial charge < -0.3 is 15.0 Å². The monoisotopic (exact) mass is 431 g/mol. The number of urea groups is 1. The van der Waals surface area contributed by atoms with Crippen LogP contribution in [0.4, 0.5) is 4.79 Å². The molecule has 1 aromatic rings. The Morgan fingerprint density at radius 1 is 1.29 bits per heavy atom. The molecule has 1 unspecified atom stereocenters. The predicted octanol–water partition coefficient (Wildman–Crippen LogP) is 0.436. The van der Waals surface area contributed by atoms with Gasteiger partial charge >= 0.3 is 6.03 Å². The maximum absolute atomic E-state index is 13.0. The van der Waals surface area contributed by atoms with Crippen LogP contribution in [0.15, 0.2) is 24.3 Å². The summed E-state index contributed by atoms with van der Waals surface area (Å²) in [6.07, 6.45) is 1.53. The Balaban J connectivity index is 1.59. The van der Waals surface area contributed by atoms with Crippen molar-refractivity contribution < 1.29 is 23.9 Å². The van der Waals surface area contributed by atoms with E-state index in [1.165, 1.54) is 14.0 Å². The summed E-state index contributed by atoms with van der Waals surface area (Å²) in [5.74, 6) is -0.437. The molecule has 0 saturated carbocycles. The third-order valence-electron chi connectivity index (χ3n) is 6.04. The third-order valence-corrected chi connectivity index (χ3v) is 6.04. The number of hydrogen-bond donors (Lipinski definition) is 2. The Hall–Kier alpha value is -3.14. The van der Waals surface area contributed by atoms with Crippen LogP contribution in [-0.2, 0) is 19.9 Å². The van der Waals surface area contributed by atoms with Crippen LogP contribution < -0.4 is 15.5 Å². The lowest BCUT2D eigenvalue weighted by atomic mass is 9.92. The first kappa shape index (κ1) is 22.5. The van der Waals surface area contributed by atoms with E-state index in [-0.39, 0.29) is 18.5 Å². The second kappa shape index (κ2) is 8.93. The van der Waals surface area contributed by atoms with Crippen molar-refractivity contribution in [3.05, 3.63) is 29.8 Å². The van der Waals surface area contributed by atoms with Crippen LogP contribution >= 0.6 is 0 Å². The van der Waals surface area contributed by atoms with Gasteiger partial charge in [-0.1, -0.05) is 12.1 Å². The lowest BCUT2D eigenvalue weighted by Gasteiger charge is -2.36. The first-order chi connectivity index (χ1) is 14.7. The first-order valence-corrected chi connectivity index (χ1v) is 10.2. The number of nitrogens with one attached hydrogen (secondary N) is 2. The topological polar surface area (TPSA) is 111 Å². The van der Waals surface area contributed by atoms with E-state index in [4.69, 9.17) is 4.74 Å². The Bertz CT molecular complexity index is 883. The van der Waals surface area contributed by atoms with Gasteiger partial charge in [0.15, 0.2) is 0 Å². The second-order valence-electron chi connectivity index (χ2n) is 8.10. The highest BCUT2D eigenvalue weighted by Gasteiger charge is 2.50. The molecule has 5 amide bonds. The molecule has 10 heteroatoms. The average Bonchev–Trinajstić information content (AvgIpc) is 2.97. The van der Waals surface area contributed by atoms with E-state index < -0.39 is 23.4 Å². The van der Waals surface area contributed by atoms with E-state index in [0.29, 0.717) is 24.4 Å².